The molecule has 0 saturated carbocycles. The Morgan fingerprint density at radius 2 is 0.952 bits per heavy atom. The second kappa shape index (κ2) is 20.0. The summed E-state index contributed by atoms with van der Waals surface area (Å²) >= 11 is 1.85. The molecule has 4 heterocycles. The van der Waals surface area contributed by atoms with E-state index in [0.29, 0.717) is 6.67 Å². The lowest BCUT2D eigenvalue weighted by Crippen LogP contribution is -2.26. The number of thiophene rings is 1. The third-order valence-electron chi connectivity index (χ3n) is 17.4. The van der Waals surface area contributed by atoms with Gasteiger partial charge in [-0.25, -0.2) is 4.98 Å². The van der Waals surface area contributed by atoms with E-state index in [9.17, 15) is 0 Å². The number of aromatic nitrogens is 2. The molecular weight excluding hydrogens is 1040 g/mol. The van der Waals surface area contributed by atoms with E-state index >= 15 is 0 Å². The fraction of sp³-hybridized carbons (Fsp3) is 0.321. The molecule has 0 N–H and O–H groups in total. The van der Waals surface area contributed by atoms with E-state index in [1.807, 2.05) is 17.5 Å². The van der Waals surface area contributed by atoms with Crippen LogP contribution in [-0.2, 0) is 32.5 Å². The van der Waals surface area contributed by atoms with Crippen LogP contribution in [0, 0.1) is 0 Å². The van der Waals surface area contributed by atoms with Crippen LogP contribution in [0.4, 0.5) is 22.7 Å². The standard InChI is InChI=1S/C78H84N4OS/c1-73(2,3)48-30-33-55(62(42-48)77(13,14)15)60-40-51(76(10,11)12)41-61(56-34-31-49(74(4,5)6)43-63(56)78(16,17)18)71(60)81-47-80(64-27-20-21-28-65(64)81)52-24-23-25-53(45-52)83-54-32-35-57-58-36-37-68-70(59-26-19-22-29-67(59)84-68)72(58)82(66(57)46-54)69-44-50(38-39-79-69)75(7,8)9/h19-46H,47H2,1-18H3. The normalized spacial score (nSPS) is 13.7. The van der Waals surface area contributed by atoms with E-state index in [2.05, 4.69) is 303 Å². The summed E-state index contributed by atoms with van der Waals surface area (Å²) < 4.78 is 12.0. The van der Waals surface area contributed by atoms with Gasteiger partial charge in [0, 0.05) is 66.1 Å². The van der Waals surface area contributed by atoms with Gasteiger partial charge in [-0.2, -0.15) is 0 Å². The quantitative estimate of drug-likeness (QED) is 0.159. The molecule has 1 aliphatic heterocycles. The lowest BCUT2D eigenvalue weighted by Gasteiger charge is -2.34. The van der Waals surface area contributed by atoms with Crippen LogP contribution in [0.3, 0.4) is 0 Å². The Morgan fingerprint density at radius 1 is 0.405 bits per heavy atom. The molecule has 0 radical (unpaired) electrons. The first-order valence-corrected chi connectivity index (χ1v) is 31.0. The van der Waals surface area contributed by atoms with E-state index in [0.717, 1.165) is 45.3 Å². The molecule has 5 nitrogen and oxygen atoms in total. The first-order chi connectivity index (χ1) is 39.4. The van der Waals surface area contributed by atoms with Gasteiger partial charge in [-0.1, -0.05) is 203 Å². The Labute approximate surface area is 504 Å². The van der Waals surface area contributed by atoms with Crippen molar-refractivity contribution in [2.24, 2.45) is 0 Å². The molecule has 1 aliphatic rings. The molecule has 8 aromatic carbocycles. The van der Waals surface area contributed by atoms with E-state index in [1.165, 1.54) is 92.4 Å². The third kappa shape index (κ3) is 10.2. The molecule has 0 bridgehead atoms. The number of rotatable bonds is 7. The Morgan fingerprint density at radius 3 is 1.55 bits per heavy atom. The highest BCUT2D eigenvalue weighted by Gasteiger charge is 2.36. The first-order valence-electron chi connectivity index (χ1n) is 30.2. The smallest absolute Gasteiger partial charge is 0.137 e. The molecule has 6 heteroatoms. The molecule has 428 valence electrons. The van der Waals surface area contributed by atoms with E-state index in [1.54, 1.807) is 0 Å². The number of hydrogen-bond donors (Lipinski definition) is 0. The van der Waals surface area contributed by atoms with Crippen LogP contribution in [0.25, 0.3) is 70.0 Å². The number of pyridine rings is 1. The average molecular weight is 1130 g/mol. The zero-order valence-corrected chi connectivity index (χ0v) is 53.8. The molecular formula is C78H84N4OS. The van der Waals surface area contributed by atoms with E-state index in [4.69, 9.17) is 9.72 Å². The molecule has 0 atom stereocenters. The molecule has 11 aromatic rings. The lowest BCUT2D eigenvalue weighted by atomic mass is 9.74. The molecule has 0 fully saturated rings. The van der Waals surface area contributed by atoms with Crippen molar-refractivity contribution in [2.45, 2.75) is 157 Å². The monoisotopic (exact) mass is 1120 g/mol. The number of fused-ring (bicyclic) bond motifs is 8. The maximum atomic E-state index is 7.08. The van der Waals surface area contributed by atoms with Crippen molar-refractivity contribution in [3.05, 3.63) is 203 Å². The minimum Gasteiger partial charge on any atom is -0.457 e. The molecule has 84 heavy (non-hydrogen) atoms. The Hall–Kier alpha value is -7.67. The molecule has 12 rings (SSSR count). The summed E-state index contributed by atoms with van der Waals surface area (Å²) in [6.07, 6.45) is 1.96. The van der Waals surface area contributed by atoms with Crippen LogP contribution in [0.1, 0.15) is 158 Å². The second-order valence-electron chi connectivity index (χ2n) is 29.9. The molecule has 0 aliphatic carbocycles. The van der Waals surface area contributed by atoms with Crippen molar-refractivity contribution >= 4 is 76.1 Å². The summed E-state index contributed by atoms with van der Waals surface area (Å²) in [6.45, 7) is 42.7. The van der Waals surface area contributed by atoms with Crippen molar-refractivity contribution in [3.63, 3.8) is 0 Å². The van der Waals surface area contributed by atoms with Crippen LogP contribution < -0.4 is 14.5 Å². The van der Waals surface area contributed by atoms with Crippen molar-refractivity contribution in [1.82, 2.24) is 9.55 Å². The minimum atomic E-state index is -0.146. The Bertz CT molecular complexity index is 4300. The first kappa shape index (κ1) is 56.8. The molecule has 0 amide bonds. The summed E-state index contributed by atoms with van der Waals surface area (Å²) in [5.41, 5.74) is 19.3. The molecule has 0 saturated heterocycles. The topological polar surface area (TPSA) is 33.5 Å². The summed E-state index contributed by atoms with van der Waals surface area (Å²) in [4.78, 5) is 10.2. The highest BCUT2D eigenvalue weighted by atomic mass is 32.1. The number of nitrogens with zero attached hydrogens (tertiary/aromatic N) is 4. The predicted molar refractivity (Wildman–Crippen MR) is 363 cm³/mol. The van der Waals surface area contributed by atoms with Crippen LogP contribution in [0.5, 0.6) is 11.5 Å². The Balaban J connectivity index is 1.02. The van der Waals surface area contributed by atoms with Crippen molar-refractivity contribution in [1.29, 1.82) is 0 Å². The average Bonchev–Trinajstić information content (AvgIpc) is 1.52. The van der Waals surface area contributed by atoms with Crippen LogP contribution >= 0.6 is 11.3 Å². The summed E-state index contributed by atoms with van der Waals surface area (Å²) in [5, 5.41) is 4.88. The zero-order chi connectivity index (χ0) is 59.8. The SMILES string of the molecule is CC(C)(C)c1ccnc(-n2c3cc(Oc4cccc(N5CN(c6c(-c7ccc(C(C)(C)C)cc7C(C)(C)C)cc(C(C)(C)C)cc6-c6ccc(C(C)(C)C)cc6C(C)(C)C)c6ccccc65)c4)ccc3c3ccc4sc5ccccc5c4c32)c1. The minimum absolute atomic E-state index is 0.0153. The van der Waals surface area contributed by atoms with Gasteiger partial charge in [0.05, 0.1) is 28.1 Å². The van der Waals surface area contributed by atoms with Crippen LogP contribution in [0.2, 0.25) is 0 Å². The van der Waals surface area contributed by atoms with Gasteiger partial charge in [-0.15, -0.1) is 11.3 Å². The number of ether oxygens (including phenoxy) is 1. The molecule has 0 spiro atoms. The van der Waals surface area contributed by atoms with E-state index < -0.39 is 0 Å². The fourth-order valence-corrected chi connectivity index (χ4v) is 13.7. The van der Waals surface area contributed by atoms with Gasteiger partial charge >= 0.3 is 0 Å². The van der Waals surface area contributed by atoms with Gasteiger partial charge in [-0.3, -0.25) is 4.57 Å². The highest BCUT2D eigenvalue weighted by Crippen LogP contribution is 2.55. The summed E-state index contributed by atoms with van der Waals surface area (Å²) in [7, 11) is 0. The highest BCUT2D eigenvalue weighted by molar-refractivity contribution is 7.26. The van der Waals surface area contributed by atoms with Gasteiger partial charge in [0.15, 0.2) is 0 Å². The lowest BCUT2D eigenvalue weighted by molar-refractivity contribution is 0.483. The van der Waals surface area contributed by atoms with Crippen molar-refractivity contribution in [3.8, 4) is 39.6 Å². The zero-order valence-electron chi connectivity index (χ0n) is 53.0. The Kier molecular flexibility index (Phi) is 13.5. The largest absolute Gasteiger partial charge is 0.457 e. The number of para-hydroxylation sites is 2. The summed E-state index contributed by atoms with van der Waals surface area (Å²) in [6, 6.07) is 61.7. The van der Waals surface area contributed by atoms with Crippen molar-refractivity contribution in [2.75, 3.05) is 16.5 Å². The van der Waals surface area contributed by atoms with E-state index in [-0.39, 0.29) is 32.5 Å². The maximum absolute atomic E-state index is 7.08. The van der Waals surface area contributed by atoms with Crippen LogP contribution in [0.15, 0.2) is 170 Å². The number of benzene rings is 8. The third-order valence-corrected chi connectivity index (χ3v) is 18.5. The van der Waals surface area contributed by atoms with Crippen LogP contribution in [-0.4, -0.2) is 16.2 Å². The predicted octanol–water partition coefficient (Wildman–Crippen LogP) is 22.7. The maximum Gasteiger partial charge on any atom is 0.137 e. The fourth-order valence-electron chi connectivity index (χ4n) is 12.6. The van der Waals surface area contributed by atoms with Gasteiger partial charge < -0.3 is 14.5 Å². The molecule has 3 aromatic heterocycles. The summed E-state index contributed by atoms with van der Waals surface area (Å²) in [5.74, 6) is 2.43. The van der Waals surface area contributed by atoms with Gasteiger partial charge in [0.25, 0.3) is 0 Å². The number of hydrogen-bond acceptors (Lipinski definition) is 5. The van der Waals surface area contributed by atoms with Gasteiger partial charge in [-0.05, 0) is 150 Å². The van der Waals surface area contributed by atoms with Gasteiger partial charge in [0.1, 0.15) is 24.0 Å². The number of anilines is 4. The van der Waals surface area contributed by atoms with Gasteiger partial charge in [0.2, 0.25) is 0 Å². The second-order valence-corrected chi connectivity index (χ2v) is 31.0. The van der Waals surface area contributed by atoms with Crippen molar-refractivity contribution < 1.29 is 4.74 Å². The molecule has 0 unspecified atom stereocenters.